The highest BCUT2D eigenvalue weighted by molar-refractivity contribution is 5.65. The van der Waals surface area contributed by atoms with Crippen LogP contribution in [0.4, 0.5) is 0 Å². The van der Waals surface area contributed by atoms with Gasteiger partial charge < -0.3 is 5.32 Å². The Kier molecular flexibility index (Phi) is 6.44. The van der Waals surface area contributed by atoms with Crippen molar-refractivity contribution in [3.63, 3.8) is 0 Å². The first-order valence-corrected chi connectivity index (χ1v) is 4.58. The van der Waals surface area contributed by atoms with E-state index >= 15 is 0 Å². The van der Waals surface area contributed by atoms with Crippen LogP contribution in [0, 0.1) is 5.92 Å². The molecule has 0 atom stereocenters. The molecule has 0 rings (SSSR count). The minimum atomic E-state index is 0.622. The average Bonchev–Trinajstić information content (AvgIpc) is 2.01. The fourth-order valence-electron chi connectivity index (χ4n) is 0.917. The van der Waals surface area contributed by atoms with E-state index in [1.165, 1.54) is 0 Å². The van der Waals surface area contributed by atoms with Gasteiger partial charge in [-0.1, -0.05) is 27.2 Å². The van der Waals surface area contributed by atoms with E-state index in [4.69, 9.17) is 0 Å². The molecule has 0 unspecified atom stereocenters. The summed E-state index contributed by atoms with van der Waals surface area (Å²) in [6.45, 7) is 7.35. The van der Waals surface area contributed by atoms with Gasteiger partial charge in [-0.15, -0.1) is 0 Å². The normalized spacial score (nSPS) is 11.8. The van der Waals surface area contributed by atoms with E-state index < -0.39 is 0 Å². The topological polar surface area (TPSA) is 29.1 Å². The van der Waals surface area contributed by atoms with Crippen LogP contribution in [0.15, 0.2) is 11.8 Å². The predicted octanol–water partition coefficient (Wildman–Crippen LogP) is 2.11. The fourth-order valence-corrected chi connectivity index (χ4v) is 0.917. The molecule has 0 fully saturated rings. The number of carbonyl (C=O) groups excluding carboxylic acids is 1. The van der Waals surface area contributed by atoms with Crippen LogP contribution in [0.25, 0.3) is 0 Å². The Morgan fingerprint density at radius 3 is 2.58 bits per heavy atom. The summed E-state index contributed by atoms with van der Waals surface area (Å²) in [7, 11) is 0. The molecule has 0 radical (unpaired) electrons. The van der Waals surface area contributed by atoms with Crippen LogP contribution in [0.3, 0.4) is 0 Å². The summed E-state index contributed by atoms with van der Waals surface area (Å²) in [5.74, 6) is 0.622. The summed E-state index contributed by atoms with van der Waals surface area (Å²) >= 11 is 0. The smallest absolute Gasteiger partial charge is 0.144 e. The van der Waals surface area contributed by atoms with Crippen molar-refractivity contribution in [3.05, 3.63) is 11.8 Å². The monoisotopic (exact) mass is 169 g/mol. The van der Waals surface area contributed by atoms with Gasteiger partial charge in [0.05, 0.1) is 0 Å². The predicted molar refractivity (Wildman–Crippen MR) is 51.9 cm³/mol. The number of aldehydes is 1. The third-order valence-electron chi connectivity index (χ3n) is 1.53. The zero-order chi connectivity index (χ0) is 9.40. The molecule has 70 valence electrons. The van der Waals surface area contributed by atoms with Crippen LogP contribution in [0.5, 0.6) is 0 Å². The molecule has 0 aliphatic heterocycles. The lowest BCUT2D eigenvalue weighted by Crippen LogP contribution is -2.19. The van der Waals surface area contributed by atoms with E-state index in [1.807, 2.05) is 0 Å². The Balaban J connectivity index is 3.79. The quantitative estimate of drug-likeness (QED) is 0.487. The van der Waals surface area contributed by atoms with Gasteiger partial charge in [0, 0.05) is 12.2 Å². The fraction of sp³-hybridized carbons (Fsp3) is 0.700. The molecule has 0 spiro atoms. The molecule has 0 heterocycles. The van der Waals surface area contributed by atoms with Crippen molar-refractivity contribution in [2.24, 2.45) is 5.92 Å². The average molecular weight is 169 g/mol. The second kappa shape index (κ2) is 6.89. The second-order valence-electron chi connectivity index (χ2n) is 3.35. The summed E-state index contributed by atoms with van der Waals surface area (Å²) in [5, 5.41) is 3.25. The molecule has 0 saturated heterocycles. The largest absolute Gasteiger partial charge is 0.388 e. The van der Waals surface area contributed by atoms with Crippen LogP contribution in [0.2, 0.25) is 0 Å². The molecule has 0 aliphatic rings. The van der Waals surface area contributed by atoms with Crippen molar-refractivity contribution in [2.75, 3.05) is 6.54 Å². The third kappa shape index (κ3) is 5.96. The highest BCUT2D eigenvalue weighted by Crippen LogP contribution is 2.00. The lowest BCUT2D eigenvalue weighted by molar-refractivity contribution is -0.104. The molecular formula is C10H19NO. The maximum atomic E-state index is 10.2. The van der Waals surface area contributed by atoms with Crippen molar-refractivity contribution in [3.8, 4) is 0 Å². The van der Waals surface area contributed by atoms with Gasteiger partial charge in [-0.2, -0.15) is 0 Å². The SMILES string of the molecule is CCC/C(=C/C=O)NCC(C)C. The Morgan fingerprint density at radius 2 is 2.17 bits per heavy atom. The zero-order valence-corrected chi connectivity index (χ0v) is 8.26. The lowest BCUT2D eigenvalue weighted by Gasteiger charge is -2.11. The highest BCUT2D eigenvalue weighted by Gasteiger charge is 1.96. The number of hydrogen-bond acceptors (Lipinski definition) is 2. The van der Waals surface area contributed by atoms with Gasteiger partial charge in [-0.05, 0) is 18.4 Å². The van der Waals surface area contributed by atoms with Gasteiger partial charge in [0.1, 0.15) is 6.29 Å². The maximum Gasteiger partial charge on any atom is 0.144 e. The summed E-state index contributed by atoms with van der Waals surface area (Å²) in [6.07, 6.45) is 4.50. The van der Waals surface area contributed by atoms with Gasteiger partial charge in [0.2, 0.25) is 0 Å². The van der Waals surface area contributed by atoms with Gasteiger partial charge in [-0.25, -0.2) is 0 Å². The van der Waals surface area contributed by atoms with E-state index in [0.29, 0.717) is 5.92 Å². The molecular weight excluding hydrogens is 150 g/mol. The molecule has 0 amide bonds. The van der Waals surface area contributed by atoms with Crippen molar-refractivity contribution < 1.29 is 4.79 Å². The summed E-state index contributed by atoms with van der Waals surface area (Å²) in [6, 6.07) is 0. The van der Waals surface area contributed by atoms with Gasteiger partial charge >= 0.3 is 0 Å². The minimum absolute atomic E-state index is 0.622. The molecule has 2 heteroatoms. The minimum Gasteiger partial charge on any atom is -0.388 e. The second-order valence-corrected chi connectivity index (χ2v) is 3.35. The number of allylic oxidation sites excluding steroid dienone is 2. The Morgan fingerprint density at radius 1 is 1.50 bits per heavy atom. The van der Waals surface area contributed by atoms with Crippen molar-refractivity contribution in [2.45, 2.75) is 33.6 Å². The van der Waals surface area contributed by atoms with E-state index in [9.17, 15) is 4.79 Å². The van der Waals surface area contributed by atoms with Crippen molar-refractivity contribution >= 4 is 6.29 Å². The first kappa shape index (κ1) is 11.2. The Labute approximate surface area is 75.0 Å². The molecule has 0 aromatic rings. The van der Waals surface area contributed by atoms with Crippen LogP contribution in [-0.2, 0) is 4.79 Å². The van der Waals surface area contributed by atoms with Gasteiger partial charge in [0.15, 0.2) is 0 Å². The summed E-state index contributed by atoms with van der Waals surface area (Å²) in [4.78, 5) is 10.2. The molecule has 0 aromatic heterocycles. The van der Waals surface area contributed by atoms with Crippen LogP contribution in [-0.4, -0.2) is 12.8 Å². The van der Waals surface area contributed by atoms with E-state index in [-0.39, 0.29) is 0 Å². The summed E-state index contributed by atoms with van der Waals surface area (Å²) < 4.78 is 0. The standard InChI is InChI=1S/C10H19NO/c1-4-5-10(6-7-12)11-8-9(2)3/h6-7,9,11H,4-5,8H2,1-3H3/b10-6-. The number of rotatable bonds is 6. The van der Waals surface area contributed by atoms with Gasteiger partial charge in [-0.3, -0.25) is 4.79 Å². The molecule has 2 nitrogen and oxygen atoms in total. The third-order valence-corrected chi connectivity index (χ3v) is 1.53. The highest BCUT2D eigenvalue weighted by atomic mass is 16.1. The first-order valence-electron chi connectivity index (χ1n) is 4.58. The molecule has 0 aliphatic carbocycles. The van der Waals surface area contributed by atoms with Crippen LogP contribution in [0.1, 0.15) is 33.6 Å². The number of carbonyl (C=O) groups is 1. The van der Waals surface area contributed by atoms with Crippen molar-refractivity contribution in [1.29, 1.82) is 0 Å². The van der Waals surface area contributed by atoms with E-state index in [1.54, 1.807) is 6.08 Å². The van der Waals surface area contributed by atoms with Crippen molar-refractivity contribution in [1.82, 2.24) is 5.32 Å². The molecule has 0 aromatic carbocycles. The van der Waals surface area contributed by atoms with Crippen LogP contribution < -0.4 is 5.32 Å². The zero-order valence-electron chi connectivity index (χ0n) is 8.26. The van der Waals surface area contributed by atoms with Crippen LogP contribution >= 0.6 is 0 Å². The summed E-state index contributed by atoms with van der Waals surface area (Å²) in [5.41, 5.74) is 1.06. The van der Waals surface area contributed by atoms with Gasteiger partial charge in [0.25, 0.3) is 0 Å². The van der Waals surface area contributed by atoms with E-state index in [2.05, 4.69) is 26.1 Å². The molecule has 0 saturated carbocycles. The number of hydrogen-bond donors (Lipinski definition) is 1. The molecule has 0 bridgehead atoms. The lowest BCUT2D eigenvalue weighted by atomic mass is 10.2. The molecule has 12 heavy (non-hydrogen) atoms. The Bertz CT molecular complexity index is 150. The number of nitrogens with one attached hydrogen (secondary N) is 1. The molecule has 1 N–H and O–H groups in total. The Hall–Kier alpha value is -0.790. The van der Waals surface area contributed by atoms with E-state index in [0.717, 1.165) is 31.4 Å². The first-order chi connectivity index (χ1) is 5.70. The maximum absolute atomic E-state index is 10.2.